The predicted octanol–water partition coefficient (Wildman–Crippen LogP) is 7.21. The lowest BCUT2D eigenvalue weighted by molar-refractivity contribution is -0.124. The topological polar surface area (TPSA) is 92.6 Å². The van der Waals surface area contributed by atoms with E-state index in [0.29, 0.717) is 45.0 Å². The van der Waals surface area contributed by atoms with Crippen LogP contribution < -0.4 is 20.7 Å². The molecule has 256 valence electrons. The van der Waals surface area contributed by atoms with Gasteiger partial charge in [0.05, 0.1) is 30.9 Å². The number of carbonyl (C=O) groups excluding carboxylic acids is 1. The zero-order chi connectivity index (χ0) is 35.4. The molecule has 3 N–H and O–H groups in total. The summed E-state index contributed by atoms with van der Waals surface area (Å²) >= 11 is 0. The lowest BCUT2D eigenvalue weighted by Gasteiger charge is -2.15. The number of allylic oxidation sites excluding steroid dienone is 5. The summed E-state index contributed by atoms with van der Waals surface area (Å²) in [5.74, 6) is -1.71. The number of rotatable bonds is 16. The number of aromatic nitrogens is 2. The highest BCUT2D eigenvalue weighted by Gasteiger charge is 2.26. The average Bonchev–Trinajstić information content (AvgIpc) is 3.36. The van der Waals surface area contributed by atoms with E-state index in [0.717, 1.165) is 12.1 Å². The van der Waals surface area contributed by atoms with Gasteiger partial charge >= 0.3 is 6.18 Å². The molecule has 0 atom stereocenters. The number of fused-ring (bicyclic) bond motifs is 1. The number of amides is 1. The van der Waals surface area contributed by atoms with Gasteiger partial charge in [0.2, 0.25) is 5.91 Å². The van der Waals surface area contributed by atoms with Gasteiger partial charge in [-0.15, -0.1) is 0 Å². The maximum Gasteiger partial charge on any atom is 0.401 e. The van der Waals surface area contributed by atoms with Gasteiger partial charge in [-0.25, -0.2) is 8.78 Å². The molecule has 1 amide bonds. The zero-order valence-corrected chi connectivity index (χ0v) is 27.3. The maximum atomic E-state index is 14.9. The van der Waals surface area contributed by atoms with E-state index in [2.05, 4.69) is 39.2 Å². The van der Waals surface area contributed by atoms with E-state index >= 15 is 0 Å². The summed E-state index contributed by atoms with van der Waals surface area (Å²) in [7, 11) is 0. The van der Waals surface area contributed by atoms with Crippen molar-refractivity contribution in [2.45, 2.75) is 46.8 Å². The van der Waals surface area contributed by atoms with E-state index in [1.165, 1.54) is 23.9 Å². The normalized spacial score (nSPS) is 13.1. The van der Waals surface area contributed by atoms with Gasteiger partial charge < -0.3 is 20.7 Å². The van der Waals surface area contributed by atoms with E-state index in [4.69, 9.17) is 4.74 Å². The molecule has 0 aliphatic rings. The lowest BCUT2D eigenvalue weighted by atomic mass is 10.1. The van der Waals surface area contributed by atoms with E-state index in [1.54, 1.807) is 57.2 Å². The summed E-state index contributed by atoms with van der Waals surface area (Å²) in [6.07, 6.45) is 2.04. The number of ether oxygens (including phenoxy) is 1. The molecule has 1 heterocycles. The van der Waals surface area contributed by atoms with Crippen molar-refractivity contribution in [1.82, 2.24) is 25.7 Å². The van der Waals surface area contributed by atoms with Crippen molar-refractivity contribution < 1.29 is 31.5 Å². The number of alkyl halides is 3. The van der Waals surface area contributed by atoms with Gasteiger partial charge in [-0.3, -0.25) is 14.5 Å². The lowest BCUT2D eigenvalue weighted by Crippen LogP contribution is -2.30. The molecule has 0 aliphatic heterocycles. The molecule has 2 aromatic carbocycles. The van der Waals surface area contributed by atoms with E-state index < -0.39 is 24.4 Å². The highest BCUT2D eigenvalue weighted by Crippen LogP contribution is 2.25. The molecule has 0 saturated carbocycles. The number of halogens is 5. The third kappa shape index (κ3) is 11.0. The number of nitrogens with one attached hydrogen (secondary N) is 3. The summed E-state index contributed by atoms with van der Waals surface area (Å²) < 4.78 is 74.9. The van der Waals surface area contributed by atoms with Crippen molar-refractivity contribution in [1.29, 1.82) is 0 Å². The third-order valence-electron chi connectivity index (χ3n) is 6.77. The number of hydrogen-bond acceptors (Lipinski definition) is 6. The number of benzene rings is 2. The summed E-state index contributed by atoms with van der Waals surface area (Å²) in [4.78, 5) is 16.0. The van der Waals surface area contributed by atoms with Crippen molar-refractivity contribution >= 4 is 22.5 Å². The first-order chi connectivity index (χ1) is 22.7. The average molecular weight is 671 g/mol. The van der Waals surface area contributed by atoms with Gasteiger partial charge in [0.15, 0.2) is 0 Å². The van der Waals surface area contributed by atoms with Gasteiger partial charge in [0.1, 0.15) is 23.1 Å². The fourth-order valence-electron chi connectivity index (χ4n) is 4.68. The minimum atomic E-state index is -4.38. The molecular formula is C35H39F5N6O2. The van der Waals surface area contributed by atoms with Crippen LogP contribution in [0, 0.1) is 11.6 Å². The fourth-order valence-corrected chi connectivity index (χ4v) is 4.68. The molecule has 0 unspecified atom stereocenters. The molecule has 0 saturated heterocycles. The Morgan fingerprint density at radius 3 is 2.42 bits per heavy atom. The molecule has 0 spiro atoms. The second-order valence-electron chi connectivity index (χ2n) is 10.7. The SMILES string of the molecule is C=C/C=C(\C=C(/C)NC(C)=O)NC(=C)/C(=C\N=C(C)c1nn(Cc2c(F)cc(OCC)cc2F)c2ccccc12)CCNCC(F)(F)F. The summed E-state index contributed by atoms with van der Waals surface area (Å²) in [5, 5.41) is 13.5. The maximum absolute atomic E-state index is 14.9. The molecule has 1 aromatic heterocycles. The van der Waals surface area contributed by atoms with Gasteiger partial charge in [-0.05, 0) is 57.5 Å². The summed E-state index contributed by atoms with van der Waals surface area (Å²) in [6.45, 7) is 13.1. The molecule has 13 heteroatoms. The molecular weight excluding hydrogens is 631 g/mol. The van der Waals surface area contributed by atoms with Crippen LogP contribution in [0.4, 0.5) is 22.0 Å². The Bertz CT molecular complexity index is 1750. The molecule has 8 nitrogen and oxygen atoms in total. The van der Waals surface area contributed by atoms with Crippen molar-refractivity contribution in [3.8, 4) is 5.75 Å². The number of hydrogen-bond donors (Lipinski definition) is 3. The van der Waals surface area contributed by atoms with Crippen LogP contribution in [0.2, 0.25) is 0 Å². The van der Waals surface area contributed by atoms with Crippen LogP contribution in [0.15, 0.2) is 102 Å². The van der Waals surface area contributed by atoms with Crippen molar-refractivity contribution in [2.24, 2.45) is 4.99 Å². The first kappa shape index (κ1) is 37.4. The van der Waals surface area contributed by atoms with Gasteiger partial charge in [-0.1, -0.05) is 37.4 Å². The van der Waals surface area contributed by atoms with Crippen LogP contribution in [0.1, 0.15) is 45.4 Å². The molecule has 48 heavy (non-hydrogen) atoms. The standard InChI is InChI=1S/C35H39F5N6O2/c1-7-11-27(16-22(3)43-25(6)47)44-23(4)26(14-15-41-21-35(38,39)40)19-42-24(5)34-29-12-9-10-13-33(29)46(45-34)20-30-31(36)17-28(48-8-2)18-32(30)37/h7,9-13,16-19,41,44H,1,4,8,14-15,20-21H2,2-3,5-6H3,(H,43,47)/b22-16+,26-19-,27-11+,42-24?. The summed E-state index contributed by atoms with van der Waals surface area (Å²) in [6, 6.07) is 9.41. The zero-order valence-electron chi connectivity index (χ0n) is 27.3. The largest absolute Gasteiger partial charge is 0.494 e. The Hall–Kier alpha value is -5.04. The Balaban J connectivity index is 1.98. The van der Waals surface area contributed by atoms with Crippen LogP contribution in [0.25, 0.3) is 10.9 Å². The van der Waals surface area contributed by atoms with Crippen molar-refractivity contribution in [3.05, 3.63) is 120 Å². The number of para-hydroxylation sites is 1. The minimum Gasteiger partial charge on any atom is -0.494 e. The van der Waals surface area contributed by atoms with Crippen LogP contribution in [0.5, 0.6) is 5.75 Å². The Kier molecular flexibility index (Phi) is 13.4. The summed E-state index contributed by atoms with van der Waals surface area (Å²) in [5.41, 5.74) is 3.18. The molecule has 0 radical (unpaired) electrons. The number of carbonyl (C=O) groups is 1. The van der Waals surface area contributed by atoms with Crippen LogP contribution in [0.3, 0.4) is 0 Å². The fraction of sp³-hybridized carbons (Fsp3) is 0.286. The number of aliphatic imine (C=N–C) groups is 1. The minimum absolute atomic E-state index is 0.0291. The van der Waals surface area contributed by atoms with Crippen molar-refractivity contribution in [3.63, 3.8) is 0 Å². The molecule has 3 aromatic rings. The Labute approximate surface area is 276 Å². The Morgan fingerprint density at radius 2 is 1.79 bits per heavy atom. The first-order valence-corrected chi connectivity index (χ1v) is 15.0. The highest BCUT2D eigenvalue weighted by atomic mass is 19.4. The smallest absolute Gasteiger partial charge is 0.401 e. The number of nitrogens with zero attached hydrogens (tertiary/aromatic N) is 3. The van der Waals surface area contributed by atoms with Crippen LogP contribution in [-0.4, -0.2) is 47.3 Å². The second-order valence-corrected chi connectivity index (χ2v) is 10.7. The quantitative estimate of drug-likeness (QED) is 0.0649. The second kappa shape index (κ2) is 17.2. The predicted molar refractivity (Wildman–Crippen MR) is 178 cm³/mol. The van der Waals surface area contributed by atoms with E-state index in [-0.39, 0.29) is 43.3 Å². The molecule has 0 aliphatic carbocycles. The molecule has 0 fully saturated rings. The van der Waals surface area contributed by atoms with E-state index in [1.807, 2.05) is 0 Å². The molecule has 3 rings (SSSR count). The van der Waals surface area contributed by atoms with Crippen LogP contribution >= 0.6 is 0 Å². The molecule has 0 bridgehead atoms. The van der Waals surface area contributed by atoms with Crippen LogP contribution in [-0.2, 0) is 11.3 Å². The van der Waals surface area contributed by atoms with Gasteiger partial charge in [0.25, 0.3) is 0 Å². The monoisotopic (exact) mass is 670 g/mol. The first-order valence-electron chi connectivity index (χ1n) is 15.0. The third-order valence-corrected chi connectivity index (χ3v) is 6.77. The van der Waals surface area contributed by atoms with Crippen molar-refractivity contribution in [2.75, 3.05) is 19.7 Å². The van der Waals surface area contributed by atoms with Gasteiger partial charge in [-0.2, -0.15) is 18.3 Å². The highest BCUT2D eigenvalue weighted by molar-refractivity contribution is 6.08. The Morgan fingerprint density at radius 1 is 1.10 bits per heavy atom. The van der Waals surface area contributed by atoms with Gasteiger partial charge in [0, 0.05) is 53.3 Å². The van der Waals surface area contributed by atoms with E-state index in [9.17, 15) is 26.7 Å².